The van der Waals surface area contributed by atoms with Gasteiger partial charge in [-0.05, 0) is 41.6 Å². The van der Waals surface area contributed by atoms with E-state index in [-0.39, 0.29) is 18.5 Å². The average molecular weight is 374 g/mol. The van der Waals surface area contributed by atoms with Gasteiger partial charge in [0.05, 0.1) is 0 Å². The van der Waals surface area contributed by atoms with E-state index in [1.54, 1.807) is 12.1 Å². The molecule has 1 amide bonds. The van der Waals surface area contributed by atoms with Gasteiger partial charge in [0.1, 0.15) is 5.75 Å². The lowest BCUT2D eigenvalue weighted by atomic mass is 10.2. The number of hydrogen-bond acceptors (Lipinski definition) is 5. The second-order valence-corrected chi connectivity index (χ2v) is 5.50. The molecule has 3 aromatic rings. The van der Waals surface area contributed by atoms with E-state index in [2.05, 4.69) is 31.4 Å². The average Bonchev–Trinajstić information content (AvgIpc) is 3.04. The van der Waals surface area contributed by atoms with E-state index in [1.807, 2.05) is 42.5 Å². The molecule has 3 rings (SSSR count). The first kappa shape index (κ1) is 15.2. The number of carbonyl (C=O) groups excluding carboxylic acids is 1. The zero-order valence-corrected chi connectivity index (χ0v) is 13.5. The van der Waals surface area contributed by atoms with Gasteiger partial charge in [0.25, 0.3) is 17.7 Å². The third-order valence-corrected chi connectivity index (χ3v) is 3.41. The molecule has 0 radical (unpaired) electrons. The summed E-state index contributed by atoms with van der Waals surface area (Å²) in [7, 11) is 0. The number of carbonyl (C=O) groups is 1. The van der Waals surface area contributed by atoms with Crippen LogP contribution in [0.25, 0.3) is 11.5 Å². The molecular formula is C16H12BrN3O3. The molecule has 7 heteroatoms. The molecule has 0 saturated carbocycles. The van der Waals surface area contributed by atoms with Crippen molar-refractivity contribution in [3.63, 3.8) is 0 Å². The number of aromatic nitrogens is 2. The minimum Gasteiger partial charge on any atom is -0.484 e. The van der Waals surface area contributed by atoms with E-state index in [9.17, 15) is 4.79 Å². The topological polar surface area (TPSA) is 77.2 Å². The predicted molar refractivity (Wildman–Crippen MR) is 88.0 cm³/mol. The van der Waals surface area contributed by atoms with E-state index in [0.29, 0.717) is 11.6 Å². The van der Waals surface area contributed by atoms with Crippen molar-refractivity contribution in [3.05, 3.63) is 59.1 Å². The van der Waals surface area contributed by atoms with Crippen molar-refractivity contribution in [2.75, 3.05) is 11.9 Å². The third-order valence-electron chi connectivity index (χ3n) is 2.88. The summed E-state index contributed by atoms with van der Waals surface area (Å²) in [6.45, 7) is -0.142. The maximum Gasteiger partial charge on any atom is 0.270 e. The maximum atomic E-state index is 11.8. The number of nitrogens with zero attached hydrogens (tertiary/aromatic N) is 2. The molecule has 1 N–H and O–H groups in total. The van der Waals surface area contributed by atoms with Crippen molar-refractivity contribution < 1.29 is 14.1 Å². The number of rotatable bonds is 5. The van der Waals surface area contributed by atoms with Crippen molar-refractivity contribution in [3.8, 4) is 17.2 Å². The van der Waals surface area contributed by atoms with Crippen molar-refractivity contribution in [2.45, 2.75) is 0 Å². The summed E-state index contributed by atoms with van der Waals surface area (Å²) in [5.41, 5.74) is 0.784. The molecule has 0 aliphatic carbocycles. The molecule has 1 aromatic heterocycles. The van der Waals surface area contributed by atoms with Crippen LogP contribution in [0.4, 0.5) is 5.95 Å². The van der Waals surface area contributed by atoms with Crippen molar-refractivity contribution in [1.82, 2.24) is 10.1 Å². The van der Waals surface area contributed by atoms with E-state index >= 15 is 0 Å². The van der Waals surface area contributed by atoms with Crippen LogP contribution in [0.1, 0.15) is 0 Å². The highest BCUT2D eigenvalue weighted by molar-refractivity contribution is 9.10. The van der Waals surface area contributed by atoms with E-state index in [4.69, 9.17) is 9.26 Å². The number of ether oxygens (including phenoxy) is 1. The standard InChI is InChI=1S/C16H12BrN3O3/c17-12-6-8-13(9-7-12)22-10-14(21)18-16-19-15(23-20-16)11-4-2-1-3-5-11/h1-9H,10H2,(H,18,20,21). The molecule has 6 nitrogen and oxygen atoms in total. The molecular weight excluding hydrogens is 362 g/mol. The summed E-state index contributed by atoms with van der Waals surface area (Å²) in [5.74, 6) is 0.678. The molecule has 23 heavy (non-hydrogen) atoms. The molecule has 0 aliphatic heterocycles. The minimum absolute atomic E-state index is 0.105. The first-order valence-corrected chi connectivity index (χ1v) is 7.57. The molecule has 1 heterocycles. The van der Waals surface area contributed by atoms with Crippen LogP contribution in [0.15, 0.2) is 63.6 Å². The van der Waals surface area contributed by atoms with Gasteiger partial charge in [-0.25, -0.2) is 0 Å². The molecule has 0 atom stereocenters. The third kappa shape index (κ3) is 4.17. The fourth-order valence-corrected chi connectivity index (χ4v) is 2.08. The lowest BCUT2D eigenvalue weighted by molar-refractivity contribution is -0.118. The fourth-order valence-electron chi connectivity index (χ4n) is 1.81. The number of anilines is 1. The Balaban J connectivity index is 1.56. The van der Waals surface area contributed by atoms with Gasteiger partial charge in [0.15, 0.2) is 6.61 Å². The fraction of sp³-hybridized carbons (Fsp3) is 0.0625. The summed E-state index contributed by atoms with van der Waals surface area (Å²) < 4.78 is 11.4. The monoisotopic (exact) mass is 373 g/mol. The van der Waals surface area contributed by atoms with Crippen molar-refractivity contribution >= 4 is 27.8 Å². The Morgan fingerprint density at radius 1 is 1.13 bits per heavy atom. The Kier molecular flexibility index (Phi) is 4.68. The van der Waals surface area contributed by atoms with Crippen LogP contribution in [0, 0.1) is 0 Å². The Hall–Kier alpha value is -2.67. The van der Waals surface area contributed by atoms with Gasteiger partial charge in [-0.3, -0.25) is 10.1 Å². The molecule has 116 valence electrons. The van der Waals surface area contributed by atoms with Gasteiger partial charge in [0, 0.05) is 10.0 Å². The smallest absolute Gasteiger partial charge is 0.270 e. The van der Waals surface area contributed by atoms with Crippen LogP contribution in [0.5, 0.6) is 5.75 Å². The van der Waals surface area contributed by atoms with Crippen LogP contribution < -0.4 is 10.1 Å². The molecule has 0 unspecified atom stereocenters. The van der Waals surface area contributed by atoms with Crippen molar-refractivity contribution in [2.24, 2.45) is 0 Å². The SMILES string of the molecule is O=C(COc1ccc(Br)cc1)Nc1noc(-c2ccccc2)n1. The quantitative estimate of drug-likeness (QED) is 0.740. The summed E-state index contributed by atoms with van der Waals surface area (Å²) in [4.78, 5) is 15.9. The minimum atomic E-state index is -0.367. The zero-order chi connectivity index (χ0) is 16.1. The molecule has 0 spiro atoms. The van der Waals surface area contributed by atoms with Crippen molar-refractivity contribution in [1.29, 1.82) is 0 Å². The molecule has 0 aliphatic rings. The molecule has 0 bridgehead atoms. The molecule has 2 aromatic carbocycles. The van der Waals surface area contributed by atoms with E-state index < -0.39 is 0 Å². The number of amides is 1. The summed E-state index contributed by atoms with van der Waals surface area (Å²) in [6, 6.07) is 16.5. The second-order valence-electron chi connectivity index (χ2n) is 4.58. The van der Waals surface area contributed by atoms with Gasteiger partial charge >= 0.3 is 0 Å². The Labute approximate surface area is 140 Å². The van der Waals surface area contributed by atoms with Gasteiger partial charge in [-0.1, -0.05) is 34.1 Å². The van der Waals surface area contributed by atoms with Crippen LogP contribution in [-0.4, -0.2) is 22.7 Å². The van der Waals surface area contributed by atoms with E-state index in [1.165, 1.54) is 0 Å². The summed E-state index contributed by atoms with van der Waals surface area (Å²) in [5, 5.41) is 6.24. The highest BCUT2D eigenvalue weighted by atomic mass is 79.9. The highest BCUT2D eigenvalue weighted by Crippen LogP contribution is 2.18. The molecule has 0 fully saturated rings. The maximum absolute atomic E-state index is 11.8. The summed E-state index contributed by atoms with van der Waals surface area (Å²) in [6.07, 6.45) is 0. The lowest BCUT2D eigenvalue weighted by Crippen LogP contribution is -2.20. The highest BCUT2D eigenvalue weighted by Gasteiger charge is 2.11. The van der Waals surface area contributed by atoms with Gasteiger partial charge in [0.2, 0.25) is 0 Å². The first-order chi connectivity index (χ1) is 11.2. The largest absolute Gasteiger partial charge is 0.484 e. The molecule has 0 saturated heterocycles. The van der Waals surface area contributed by atoms with Crippen LogP contribution in [0.2, 0.25) is 0 Å². The van der Waals surface area contributed by atoms with Gasteiger partial charge in [-0.15, -0.1) is 0 Å². The normalized spacial score (nSPS) is 10.3. The second kappa shape index (κ2) is 7.06. The Morgan fingerprint density at radius 3 is 2.61 bits per heavy atom. The van der Waals surface area contributed by atoms with Gasteiger partial charge in [-0.2, -0.15) is 4.98 Å². The van der Waals surface area contributed by atoms with Gasteiger partial charge < -0.3 is 9.26 Å². The first-order valence-electron chi connectivity index (χ1n) is 6.78. The van der Waals surface area contributed by atoms with Crippen LogP contribution in [0.3, 0.4) is 0 Å². The summed E-state index contributed by atoms with van der Waals surface area (Å²) >= 11 is 3.33. The van der Waals surface area contributed by atoms with E-state index in [0.717, 1.165) is 10.0 Å². The Bertz CT molecular complexity index is 788. The van der Waals surface area contributed by atoms with Crippen LogP contribution >= 0.6 is 15.9 Å². The number of nitrogens with one attached hydrogen (secondary N) is 1. The van der Waals surface area contributed by atoms with Crippen LogP contribution in [-0.2, 0) is 4.79 Å². The number of benzene rings is 2. The number of halogens is 1. The zero-order valence-electron chi connectivity index (χ0n) is 11.9. The Morgan fingerprint density at radius 2 is 1.87 bits per heavy atom. The number of hydrogen-bond donors (Lipinski definition) is 1. The lowest BCUT2D eigenvalue weighted by Gasteiger charge is -2.05. The predicted octanol–water partition coefficient (Wildman–Crippen LogP) is 3.52.